The minimum atomic E-state index is -4.10. The van der Waals surface area contributed by atoms with Gasteiger partial charge in [0.2, 0.25) is 5.91 Å². The zero-order valence-corrected chi connectivity index (χ0v) is 14.9. The van der Waals surface area contributed by atoms with Gasteiger partial charge in [0.05, 0.1) is 22.3 Å². The number of hydrogen-bond donors (Lipinski definition) is 1. The van der Waals surface area contributed by atoms with Gasteiger partial charge in [-0.1, -0.05) is 12.1 Å². The summed E-state index contributed by atoms with van der Waals surface area (Å²) in [6.45, 7) is 0. The number of hydrogen-bond acceptors (Lipinski definition) is 4. The molecule has 1 heterocycles. The first kappa shape index (κ1) is 17.9. The molecule has 0 bridgehead atoms. The van der Waals surface area contributed by atoms with Gasteiger partial charge in [-0.25, -0.2) is 22.3 Å². The normalized spacial score (nSPS) is 11.7. The van der Waals surface area contributed by atoms with Crippen LogP contribution >= 0.6 is 0 Å². The largest absolute Gasteiger partial charge is 0.328 e. The molecule has 0 spiro atoms. The Morgan fingerprint density at radius 1 is 1.04 bits per heavy atom. The van der Waals surface area contributed by atoms with Crippen LogP contribution in [0.3, 0.4) is 0 Å². The molecule has 0 saturated carbocycles. The average Bonchev–Trinajstić information content (AvgIpc) is 2.81. The van der Waals surface area contributed by atoms with E-state index in [0.717, 1.165) is 0 Å². The van der Waals surface area contributed by atoms with Crippen LogP contribution in [-0.2, 0) is 35.3 Å². The summed E-state index contributed by atoms with van der Waals surface area (Å²) in [5.41, 5.74) is 1.22. The van der Waals surface area contributed by atoms with E-state index < -0.39 is 21.7 Å². The summed E-state index contributed by atoms with van der Waals surface area (Å²) in [6, 6.07) is 9.39. The second kappa shape index (κ2) is 6.41. The van der Waals surface area contributed by atoms with Gasteiger partial charge in [0.1, 0.15) is 5.82 Å². The molecule has 1 N–H and O–H groups in total. The topological polar surface area (TPSA) is 90.2 Å². The fourth-order valence-electron chi connectivity index (χ4n) is 2.69. The third-order valence-corrected chi connectivity index (χ3v) is 5.45. The van der Waals surface area contributed by atoms with Crippen LogP contribution in [0.25, 0.3) is 11.0 Å². The molecular formula is C17H16FN3O4S. The van der Waals surface area contributed by atoms with E-state index in [4.69, 9.17) is 0 Å². The molecule has 0 unspecified atom stereocenters. The average molecular weight is 377 g/mol. The van der Waals surface area contributed by atoms with Gasteiger partial charge >= 0.3 is 5.69 Å². The highest BCUT2D eigenvalue weighted by Gasteiger charge is 2.20. The number of nitrogens with one attached hydrogen (secondary N) is 1. The van der Waals surface area contributed by atoms with Crippen molar-refractivity contribution in [1.29, 1.82) is 0 Å². The number of sulfonamides is 1. The van der Waals surface area contributed by atoms with E-state index in [1.807, 2.05) is 4.72 Å². The zero-order chi connectivity index (χ0) is 19.1. The number of carbonyl (C=O) groups is 1. The van der Waals surface area contributed by atoms with Gasteiger partial charge in [0, 0.05) is 14.1 Å². The third-order valence-electron chi connectivity index (χ3n) is 4.08. The molecule has 0 atom stereocenters. The second-order valence-corrected chi connectivity index (χ2v) is 7.57. The first-order chi connectivity index (χ1) is 12.2. The first-order valence-electron chi connectivity index (χ1n) is 7.64. The lowest BCUT2D eigenvalue weighted by Crippen LogP contribution is -2.31. The number of nitrogens with zero attached hydrogens (tertiary/aromatic N) is 2. The lowest BCUT2D eigenvalue weighted by molar-refractivity contribution is -0.118. The number of rotatable bonds is 4. The van der Waals surface area contributed by atoms with Crippen molar-refractivity contribution in [3.05, 3.63) is 64.3 Å². The monoisotopic (exact) mass is 377 g/mol. The summed E-state index contributed by atoms with van der Waals surface area (Å²) >= 11 is 0. The molecule has 0 radical (unpaired) electrons. The zero-order valence-electron chi connectivity index (χ0n) is 14.1. The summed E-state index contributed by atoms with van der Waals surface area (Å²) in [5, 5.41) is 0. The molecular weight excluding hydrogens is 361 g/mol. The summed E-state index contributed by atoms with van der Waals surface area (Å²) in [4.78, 5) is 23.8. The molecule has 1 aromatic heterocycles. The Bertz CT molecular complexity index is 1160. The maximum atomic E-state index is 12.9. The highest BCUT2D eigenvalue weighted by Crippen LogP contribution is 2.17. The van der Waals surface area contributed by atoms with Crippen molar-refractivity contribution in [2.24, 2.45) is 14.1 Å². The van der Waals surface area contributed by atoms with Crippen LogP contribution in [-0.4, -0.2) is 23.5 Å². The summed E-state index contributed by atoms with van der Waals surface area (Å²) in [7, 11) is -0.975. The SMILES string of the molecule is Cn1c(=O)n(C)c2cc(S(=O)(=O)NC(=O)Cc3ccc(F)cc3)ccc21. The predicted molar refractivity (Wildman–Crippen MR) is 93.6 cm³/mol. The van der Waals surface area contributed by atoms with E-state index in [-0.39, 0.29) is 17.0 Å². The Morgan fingerprint density at radius 3 is 2.31 bits per heavy atom. The summed E-state index contributed by atoms with van der Waals surface area (Å²) in [5.74, 6) is -1.18. The number of carbonyl (C=O) groups excluding carboxylic acids is 1. The van der Waals surface area contributed by atoms with Gasteiger partial charge in [0.15, 0.2) is 0 Å². The van der Waals surface area contributed by atoms with Crippen LogP contribution in [0.5, 0.6) is 0 Å². The molecule has 2 aromatic carbocycles. The Labute approximate surface area is 148 Å². The molecule has 9 heteroatoms. The van der Waals surface area contributed by atoms with Crippen LogP contribution < -0.4 is 10.4 Å². The van der Waals surface area contributed by atoms with Crippen LogP contribution in [0.15, 0.2) is 52.2 Å². The number of fused-ring (bicyclic) bond motifs is 1. The van der Waals surface area contributed by atoms with Crippen molar-refractivity contribution in [3.63, 3.8) is 0 Å². The van der Waals surface area contributed by atoms with Gasteiger partial charge < -0.3 is 0 Å². The molecule has 136 valence electrons. The van der Waals surface area contributed by atoms with E-state index in [0.29, 0.717) is 16.6 Å². The quantitative estimate of drug-likeness (QED) is 0.736. The Morgan fingerprint density at radius 2 is 1.65 bits per heavy atom. The summed E-state index contributed by atoms with van der Waals surface area (Å²) in [6.07, 6.45) is -0.203. The third kappa shape index (κ3) is 3.25. The highest BCUT2D eigenvalue weighted by atomic mass is 32.2. The fraction of sp³-hybridized carbons (Fsp3) is 0.176. The van der Waals surface area contributed by atoms with Gasteiger partial charge in [-0.05, 0) is 35.9 Å². The molecule has 3 aromatic rings. The lowest BCUT2D eigenvalue weighted by atomic mass is 10.1. The van der Waals surface area contributed by atoms with E-state index in [9.17, 15) is 22.4 Å². The van der Waals surface area contributed by atoms with Crippen molar-refractivity contribution >= 4 is 27.0 Å². The Balaban J connectivity index is 1.86. The second-order valence-electron chi connectivity index (χ2n) is 5.88. The van der Waals surface area contributed by atoms with Crippen molar-refractivity contribution in [2.45, 2.75) is 11.3 Å². The molecule has 0 fully saturated rings. The summed E-state index contributed by atoms with van der Waals surface area (Å²) < 4.78 is 42.5. The first-order valence-corrected chi connectivity index (χ1v) is 9.13. The van der Waals surface area contributed by atoms with Crippen molar-refractivity contribution < 1.29 is 17.6 Å². The highest BCUT2D eigenvalue weighted by molar-refractivity contribution is 7.90. The van der Waals surface area contributed by atoms with Gasteiger partial charge in [-0.3, -0.25) is 13.9 Å². The molecule has 26 heavy (non-hydrogen) atoms. The maximum absolute atomic E-state index is 12.9. The van der Waals surface area contributed by atoms with E-state index >= 15 is 0 Å². The van der Waals surface area contributed by atoms with Gasteiger partial charge in [0.25, 0.3) is 10.0 Å². The predicted octanol–water partition coefficient (Wildman–Crippen LogP) is 1.06. The molecule has 7 nitrogen and oxygen atoms in total. The number of benzene rings is 2. The number of halogens is 1. The standard InChI is InChI=1S/C17H16FN3O4S/c1-20-14-8-7-13(10-15(14)21(2)17(20)23)26(24,25)19-16(22)9-11-3-5-12(18)6-4-11/h3-8,10H,9H2,1-2H3,(H,19,22). The molecule has 0 aliphatic heterocycles. The van der Waals surface area contributed by atoms with Crippen LogP contribution in [0.2, 0.25) is 0 Å². The van der Waals surface area contributed by atoms with Gasteiger partial charge in [-0.15, -0.1) is 0 Å². The van der Waals surface area contributed by atoms with Gasteiger partial charge in [-0.2, -0.15) is 0 Å². The van der Waals surface area contributed by atoms with Crippen molar-refractivity contribution in [1.82, 2.24) is 13.9 Å². The minimum absolute atomic E-state index is 0.126. The minimum Gasteiger partial charge on any atom is -0.295 e. The molecule has 0 saturated heterocycles. The fourth-order valence-corrected chi connectivity index (χ4v) is 3.69. The smallest absolute Gasteiger partial charge is 0.295 e. The van der Waals surface area contributed by atoms with Crippen LogP contribution in [0, 0.1) is 5.82 Å². The van der Waals surface area contributed by atoms with Crippen molar-refractivity contribution in [2.75, 3.05) is 0 Å². The maximum Gasteiger partial charge on any atom is 0.328 e. The van der Waals surface area contributed by atoms with Crippen molar-refractivity contribution in [3.8, 4) is 0 Å². The van der Waals surface area contributed by atoms with Crippen LogP contribution in [0.1, 0.15) is 5.56 Å². The lowest BCUT2D eigenvalue weighted by Gasteiger charge is -2.08. The number of imidazole rings is 1. The molecule has 1 amide bonds. The molecule has 0 aliphatic carbocycles. The Hall–Kier alpha value is -2.94. The van der Waals surface area contributed by atoms with E-state index in [2.05, 4.69) is 0 Å². The number of aryl methyl sites for hydroxylation is 2. The molecule has 0 aliphatic rings. The van der Waals surface area contributed by atoms with Crippen LogP contribution in [0.4, 0.5) is 4.39 Å². The van der Waals surface area contributed by atoms with E-state index in [1.54, 1.807) is 7.05 Å². The van der Waals surface area contributed by atoms with E-state index in [1.165, 1.54) is 58.6 Å². The Kier molecular flexibility index (Phi) is 4.41. The number of aromatic nitrogens is 2. The number of amides is 1. The molecule has 3 rings (SSSR count).